The van der Waals surface area contributed by atoms with Crippen molar-refractivity contribution < 1.29 is 114 Å². The highest BCUT2D eigenvalue weighted by molar-refractivity contribution is 5.82. The number of allylic oxidation sites excluding steroid dienone is 3. The van der Waals surface area contributed by atoms with Crippen LogP contribution in [0.5, 0.6) is 0 Å². The third-order valence-electron chi connectivity index (χ3n) is 20.3. The minimum absolute atomic E-state index is 0.0722. The predicted octanol–water partition coefficient (Wildman–Crippen LogP) is -1.07. The normalized spacial score (nSPS) is 50.9. The second-order valence-corrected chi connectivity index (χ2v) is 24.6. The number of carboxylic acid groups (broad SMARTS) is 1. The predicted molar refractivity (Wildman–Crippen MR) is 258 cm³/mol. The lowest BCUT2D eigenvalue weighted by atomic mass is 9.33. The number of aliphatic hydroxyl groups is 11. The van der Waals surface area contributed by atoms with Gasteiger partial charge in [0, 0.05) is 23.8 Å². The molecule has 5 aliphatic carbocycles. The summed E-state index contributed by atoms with van der Waals surface area (Å²) in [5.74, 6) is -3.84. The van der Waals surface area contributed by atoms with E-state index in [2.05, 4.69) is 26.8 Å². The summed E-state index contributed by atoms with van der Waals surface area (Å²) in [6.45, 7) is 12.6. The minimum atomic E-state index is -2.15. The average molecular weight is 1090 g/mol. The first-order valence-corrected chi connectivity index (χ1v) is 26.7. The Bertz CT molecular complexity index is 2190. The van der Waals surface area contributed by atoms with Crippen LogP contribution < -0.4 is 0 Å². The molecule has 432 valence electrons. The summed E-state index contributed by atoms with van der Waals surface area (Å²) in [5, 5.41) is 132. The first kappa shape index (κ1) is 59.3. The molecule has 26 atom stereocenters. The van der Waals surface area contributed by atoms with Crippen molar-refractivity contribution in [2.24, 2.45) is 50.2 Å². The van der Waals surface area contributed by atoms with Gasteiger partial charge in [-0.3, -0.25) is 4.79 Å². The average Bonchev–Trinajstić information content (AvgIpc) is 3.81. The molecule has 3 aliphatic heterocycles. The van der Waals surface area contributed by atoms with Crippen molar-refractivity contribution in [3.63, 3.8) is 0 Å². The number of aliphatic hydroxyl groups excluding tert-OH is 11. The summed E-state index contributed by atoms with van der Waals surface area (Å²) >= 11 is 0. The standard InChI is InChI=1S/C53H82O23/c1-9-10-32(60)73-42-43(69-23(2)58)53(22-57)25(17-48(42,3)4)24-11-12-29-49(5)15-14-31(50(6,21-56)28(49)13-16-51(29,7)52(24,8)18-30(53)59)72-47-41(76-46-37(65)35(63)33(61)26(19-54)70-46)39(38(66)40(75-47)44(67)68)74-45-36(64)34(62)27(20-55)71-45/h9-11,25-31,33-43,45-47,54-57,59,61-66H,12-22H2,1-8H3,(H,67,68)/b10-9+/t25-,26+,27-,28+,29+,30+,31?,33+,34-,35-,36+,37+,38-,39-,40-,41+,42-,43-,45-,46-,47+,49-,50+,51+,52+,53-/m0/s1. The Hall–Kier alpha value is -2.79. The van der Waals surface area contributed by atoms with Crippen molar-refractivity contribution in [1.82, 2.24) is 0 Å². The summed E-state index contributed by atoms with van der Waals surface area (Å²) in [6.07, 6.45) is -22.1. The maximum Gasteiger partial charge on any atom is 0.335 e. The maximum atomic E-state index is 13.1. The molecule has 7 fully saturated rings. The maximum absolute atomic E-state index is 13.1. The van der Waals surface area contributed by atoms with Crippen LogP contribution in [0.3, 0.4) is 0 Å². The van der Waals surface area contributed by atoms with Gasteiger partial charge in [-0.25, -0.2) is 9.59 Å². The highest BCUT2D eigenvalue weighted by atomic mass is 16.8. The molecule has 0 bridgehead atoms. The summed E-state index contributed by atoms with van der Waals surface area (Å²) in [5.41, 5.74) is -4.04. The van der Waals surface area contributed by atoms with Gasteiger partial charge in [0.1, 0.15) is 73.2 Å². The minimum Gasteiger partial charge on any atom is -0.479 e. The number of ether oxygens (including phenoxy) is 8. The molecule has 3 heterocycles. The Kier molecular flexibility index (Phi) is 16.9. The van der Waals surface area contributed by atoms with Crippen LogP contribution in [0.1, 0.15) is 100 Å². The van der Waals surface area contributed by atoms with E-state index in [9.17, 15) is 75.7 Å². The van der Waals surface area contributed by atoms with Crippen LogP contribution in [0.25, 0.3) is 0 Å². The fourth-order valence-electron chi connectivity index (χ4n) is 16.0. The van der Waals surface area contributed by atoms with E-state index >= 15 is 0 Å². The van der Waals surface area contributed by atoms with E-state index in [1.54, 1.807) is 6.92 Å². The van der Waals surface area contributed by atoms with E-state index in [0.29, 0.717) is 32.1 Å². The zero-order valence-corrected chi connectivity index (χ0v) is 44.5. The van der Waals surface area contributed by atoms with Crippen LogP contribution in [-0.4, -0.2) is 216 Å². The molecule has 0 aromatic rings. The molecule has 0 amide bonds. The fraction of sp³-hybridized carbons (Fsp3) is 0.868. The molecule has 3 saturated heterocycles. The molecule has 8 aliphatic rings. The number of carbonyl (C=O) groups is 3. The molecule has 76 heavy (non-hydrogen) atoms. The Morgan fingerprint density at radius 2 is 1.29 bits per heavy atom. The molecular formula is C53H82O23. The number of esters is 2. The van der Waals surface area contributed by atoms with Crippen LogP contribution >= 0.6 is 0 Å². The van der Waals surface area contributed by atoms with Crippen LogP contribution in [0, 0.1) is 50.2 Å². The van der Waals surface area contributed by atoms with Gasteiger partial charge in [-0.1, -0.05) is 59.3 Å². The molecular weight excluding hydrogens is 1000 g/mol. The van der Waals surface area contributed by atoms with Crippen molar-refractivity contribution >= 4 is 17.9 Å². The molecule has 23 heteroatoms. The quantitative estimate of drug-likeness (QED) is 0.0426. The lowest BCUT2D eigenvalue weighted by Gasteiger charge is -2.72. The Morgan fingerprint density at radius 3 is 1.86 bits per heavy atom. The number of hydrogen-bond donors (Lipinski definition) is 12. The molecule has 8 rings (SSSR count). The van der Waals surface area contributed by atoms with E-state index in [1.165, 1.54) is 19.1 Å². The van der Waals surface area contributed by atoms with Crippen molar-refractivity contribution in [3.05, 3.63) is 23.8 Å². The summed E-state index contributed by atoms with van der Waals surface area (Å²) in [6, 6.07) is 0. The second-order valence-electron chi connectivity index (χ2n) is 24.6. The third-order valence-corrected chi connectivity index (χ3v) is 20.3. The Labute approximate surface area is 441 Å². The van der Waals surface area contributed by atoms with E-state index in [0.717, 1.165) is 5.57 Å². The van der Waals surface area contributed by atoms with Gasteiger partial charge in [0.2, 0.25) is 0 Å². The van der Waals surface area contributed by atoms with Crippen molar-refractivity contribution in [3.8, 4) is 0 Å². The fourth-order valence-corrected chi connectivity index (χ4v) is 16.0. The number of rotatable bonds is 14. The SMILES string of the molecule is C/C=C/C(=O)O[C@H]1[C@H](OC(C)=O)[C@]2(CO)[C@H](O)C[C@]3(C)C(=CC[C@@H]4[C@@]5(C)CCC(O[C@@H]6O[C@H](C(=O)O)[C@@H](O)[C@H](O[C@@H]7O[C@@H](CO)[C@H](O)[C@H]7O)[C@H]6O[C@@H]6O[C@H](CO)[C@@H](O)[C@H](O)[C@H]6O)[C@](C)(CO)[C@@H]5CC[C@]43C)[C@@H]2CC1(C)C. The van der Waals surface area contributed by atoms with Gasteiger partial charge in [-0.2, -0.15) is 0 Å². The van der Waals surface area contributed by atoms with Gasteiger partial charge >= 0.3 is 17.9 Å². The van der Waals surface area contributed by atoms with Crippen molar-refractivity contribution in [2.75, 3.05) is 26.4 Å². The molecule has 0 radical (unpaired) electrons. The highest BCUT2D eigenvalue weighted by Crippen LogP contribution is 2.76. The Balaban J connectivity index is 1.13. The molecule has 12 N–H and O–H groups in total. The molecule has 1 unspecified atom stereocenters. The molecule has 0 aromatic heterocycles. The first-order chi connectivity index (χ1) is 35.6. The second kappa shape index (κ2) is 21.6. The summed E-state index contributed by atoms with van der Waals surface area (Å²) in [7, 11) is 0. The summed E-state index contributed by atoms with van der Waals surface area (Å²) < 4.78 is 48.3. The smallest absolute Gasteiger partial charge is 0.335 e. The molecule has 0 spiro atoms. The Morgan fingerprint density at radius 1 is 0.684 bits per heavy atom. The molecule has 0 aromatic carbocycles. The number of carboxylic acids is 1. The number of hydrogen-bond acceptors (Lipinski definition) is 22. The topological polar surface area (TPSA) is 368 Å². The van der Waals surface area contributed by atoms with Crippen molar-refractivity contribution in [1.29, 1.82) is 0 Å². The largest absolute Gasteiger partial charge is 0.479 e. The lowest BCUT2D eigenvalue weighted by Crippen LogP contribution is -2.72. The zero-order chi connectivity index (χ0) is 56.0. The van der Waals surface area contributed by atoms with Crippen LogP contribution in [0.15, 0.2) is 23.8 Å². The van der Waals surface area contributed by atoms with Gasteiger partial charge in [0.25, 0.3) is 0 Å². The monoisotopic (exact) mass is 1090 g/mol. The number of aliphatic carboxylic acids is 1. The zero-order valence-electron chi connectivity index (χ0n) is 44.5. The first-order valence-electron chi connectivity index (χ1n) is 26.7. The van der Waals surface area contributed by atoms with Gasteiger partial charge in [-0.05, 0) is 85.9 Å². The van der Waals surface area contributed by atoms with E-state index < -0.39 is 193 Å². The number of fused-ring (bicyclic) bond motifs is 7. The van der Waals surface area contributed by atoms with Crippen LogP contribution in [0.2, 0.25) is 0 Å². The van der Waals surface area contributed by atoms with Gasteiger partial charge < -0.3 is 99.2 Å². The third kappa shape index (κ3) is 9.31. The van der Waals surface area contributed by atoms with Gasteiger partial charge in [-0.15, -0.1) is 0 Å². The van der Waals surface area contributed by atoms with Crippen LogP contribution in [0.4, 0.5) is 0 Å². The van der Waals surface area contributed by atoms with E-state index in [-0.39, 0.29) is 24.7 Å². The van der Waals surface area contributed by atoms with Crippen LogP contribution in [-0.2, 0) is 52.3 Å². The van der Waals surface area contributed by atoms with E-state index in [1.807, 2.05) is 20.8 Å². The summed E-state index contributed by atoms with van der Waals surface area (Å²) in [4.78, 5) is 38.8. The molecule has 4 saturated carbocycles. The van der Waals surface area contributed by atoms with Gasteiger partial charge in [0.05, 0.1) is 44.1 Å². The van der Waals surface area contributed by atoms with E-state index in [4.69, 9.17) is 37.9 Å². The van der Waals surface area contributed by atoms with Crippen molar-refractivity contribution in [2.45, 2.75) is 211 Å². The number of carbonyl (C=O) groups excluding carboxylic acids is 2. The highest BCUT2D eigenvalue weighted by Gasteiger charge is 2.74. The lowest BCUT2D eigenvalue weighted by molar-refractivity contribution is -0.387. The molecule has 23 nitrogen and oxygen atoms in total. The van der Waals surface area contributed by atoms with Gasteiger partial charge in [0.15, 0.2) is 25.0 Å².